The molecule has 6 heteroatoms. The number of unbranched alkanes of at least 4 members (excludes halogenated alkanes) is 1. The van der Waals surface area contributed by atoms with Crippen LogP contribution in [0.5, 0.6) is 0 Å². The highest BCUT2D eigenvalue weighted by Crippen LogP contribution is 2.40. The van der Waals surface area contributed by atoms with Gasteiger partial charge in [-0.3, -0.25) is 0 Å². The summed E-state index contributed by atoms with van der Waals surface area (Å²) in [6, 6.07) is 0.373. The van der Waals surface area contributed by atoms with Crippen LogP contribution >= 0.6 is 23.7 Å². The third kappa shape index (κ3) is 9.06. The maximum Gasteiger partial charge on any atom is 0.0984 e. The number of rotatable bonds is 13. The van der Waals surface area contributed by atoms with Gasteiger partial charge in [-0.2, -0.15) is 0 Å². The molecule has 4 nitrogen and oxygen atoms in total. The summed E-state index contributed by atoms with van der Waals surface area (Å²) < 4.78 is 4.63. The van der Waals surface area contributed by atoms with E-state index in [0.717, 1.165) is 24.4 Å². The van der Waals surface area contributed by atoms with E-state index in [4.69, 9.17) is 0 Å². The molecule has 1 aliphatic carbocycles. The first-order valence-electron chi connectivity index (χ1n) is 10.5. The zero-order chi connectivity index (χ0) is 21.8. The molecule has 3 atom stereocenters. The normalized spacial score (nSPS) is 22.1. The molecule has 164 valence electrons. The van der Waals surface area contributed by atoms with Crippen molar-refractivity contribution in [1.82, 2.24) is 15.1 Å². The molecule has 29 heavy (non-hydrogen) atoms. The monoisotopic (exact) mass is 436 g/mol. The van der Waals surface area contributed by atoms with Crippen molar-refractivity contribution in [3.05, 3.63) is 47.7 Å². The van der Waals surface area contributed by atoms with Gasteiger partial charge in [0.05, 0.1) is 16.6 Å². The fourth-order valence-electron chi connectivity index (χ4n) is 3.06. The van der Waals surface area contributed by atoms with Crippen molar-refractivity contribution in [2.45, 2.75) is 63.0 Å². The fraction of sp³-hybridized carbons (Fsp3) is 0.609. The minimum atomic E-state index is 0.262. The van der Waals surface area contributed by atoms with Crippen LogP contribution in [0.25, 0.3) is 0 Å². The molecule has 0 saturated carbocycles. The van der Waals surface area contributed by atoms with Crippen LogP contribution in [0.15, 0.2) is 52.1 Å². The van der Waals surface area contributed by atoms with Crippen molar-refractivity contribution < 1.29 is 0 Å². The van der Waals surface area contributed by atoms with E-state index >= 15 is 0 Å². The predicted molar refractivity (Wildman–Crippen MR) is 135 cm³/mol. The van der Waals surface area contributed by atoms with Crippen LogP contribution in [0.2, 0.25) is 0 Å². The molecule has 0 bridgehead atoms. The summed E-state index contributed by atoms with van der Waals surface area (Å²) in [6.45, 7) is 16.1. The highest BCUT2D eigenvalue weighted by atomic mass is 32.2. The summed E-state index contributed by atoms with van der Waals surface area (Å²) in [6.07, 6.45) is 12.8. The second-order valence-corrected chi connectivity index (χ2v) is 9.81. The average Bonchev–Trinajstić information content (AvgIpc) is 2.68. The Morgan fingerprint density at radius 3 is 2.62 bits per heavy atom. The number of allylic oxidation sites excluding steroid dienone is 2. The Kier molecular flexibility index (Phi) is 12.5. The Morgan fingerprint density at radius 2 is 2.03 bits per heavy atom. The molecule has 0 aliphatic heterocycles. The first kappa shape index (κ1) is 25.9. The second kappa shape index (κ2) is 14.0. The molecule has 0 heterocycles. The van der Waals surface area contributed by atoms with Crippen LogP contribution in [0, 0.1) is 0 Å². The quantitative estimate of drug-likeness (QED) is 0.174. The van der Waals surface area contributed by atoms with Crippen LogP contribution in [0.3, 0.4) is 0 Å². The van der Waals surface area contributed by atoms with Crippen LogP contribution in [0.1, 0.15) is 46.5 Å². The minimum Gasteiger partial charge on any atom is -0.368 e. The largest absolute Gasteiger partial charge is 0.368 e. The predicted octanol–water partition coefficient (Wildman–Crippen LogP) is 5.69. The van der Waals surface area contributed by atoms with E-state index in [-0.39, 0.29) is 5.25 Å². The Hall–Kier alpha value is -1.11. The zero-order valence-electron chi connectivity index (χ0n) is 19.1. The van der Waals surface area contributed by atoms with Gasteiger partial charge in [0.15, 0.2) is 0 Å². The SMILES string of the molecule is C=C(CC)C1=CC(S/N=C/N(C)C)C(SC(=C)N(C)/C=C\C)C(NCCCC)C1. The third-order valence-corrected chi connectivity index (χ3v) is 7.36. The lowest BCUT2D eigenvalue weighted by Gasteiger charge is -2.38. The van der Waals surface area contributed by atoms with Gasteiger partial charge in [-0.05, 0) is 56.5 Å². The standard InChI is InChI=1S/C23H40N4S2/c1-9-12-13-24-21-15-20(18(4)11-3)16-22(29-25-17-26(6)7)23(21)28-19(5)27(8)14-10-2/h10,14,16-17,21-24H,4-5,9,11-13,15H2,1-3,6-8H3/b14-10-,25-17+. The molecule has 0 amide bonds. The molecular weight excluding hydrogens is 396 g/mol. The second-order valence-electron chi connectivity index (χ2n) is 7.59. The molecule has 0 radical (unpaired) electrons. The van der Waals surface area contributed by atoms with Crippen LogP contribution in [-0.4, -0.2) is 60.4 Å². The van der Waals surface area contributed by atoms with Crippen molar-refractivity contribution in [3.8, 4) is 0 Å². The molecular formula is C23H40N4S2. The minimum absolute atomic E-state index is 0.262. The van der Waals surface area contributed by atoms with Gasteiger partial charge in [0.2, 0.25) is 0 Å². The molecule has 1 N–H and O–H groups in total. The molecule has 3 unspecified atom stereocenters. The number of hydrogen-bond donors (Lipinski definition) is 1. The van der Waals surface area contributed by atoms with Crippen molar-refractivity contribution in [2.75, 3.05) is 27.7 Å². The van der Waals surface area contributed by atoms with E-state index in [9.17, 15) is 0 Å². The maximum atomic E-state index is 4.63. The number of hydrogen-bond acceptors (Lipinski definition) is 5. The number of nitrogens with one attached hydrogen (secondary N) is 1. The molecule has 1 rings (SSSR count). The van der Waals surface area contributed by atoms with Crippen molar-refractivity contribution in [2.24, 2.45) is 4.40 Å². The third-order valence-electron chi connectivity index (χ3n) is 4.84. The van der Waals surface area contributed by atoms with Crippen LogP contribution in [-0.2, 0) is 0 Å². The van der Waals surface area contributed by atoms with Gasteiger partial charge < -0.3 is 15.1 Å². The highest BCUT2D eigenvalue weighted by Gasteiger charge is 2.35. The van der Waals surface area contributed by atoms with Gasteiger partial charge in [0.1, 0.15) is 0 Å². The topological polar surface area (TPSA) is 30.9 Å². The van der Waals surface area contributed by atoms with E-state index in [1.165, 1.54) is 24.0 Å². The van der Waals surface area contributed by atoms with Crippen molar-refractivity contribution >= 4 is 30.0 Å². The Balaban J connectivity index is 3.15. The van der Waals surface area contributed by atoms with E-state index in [1.807, 2.05) is 50.1 Å². The lowest BCUT2D eigenvalue weighted by Crippen LogP contribution is -2.46. The van der Waals surface area contributed by atoms with Crippen molar-refractivity contribution in [3.63, 3.8) is 0 Å². The maximum absolute atomic E-state index is 4.63. The first-order chi connectivity index (χ1) is 13.8. The average molecular weight is 437 g/mol. The van der Waals surface area contributed by atoms with Crippen LogP contribution < -0.4 is 5.32 Å². The van der Waals surface area contributed by atoms with Gasteiger partial charge in [-0.25, -0.2) is 4.40 Å². The van der Waals surface area contributed by atoms with Crippen molar-refractivity contribution in [1.29, 1.82) is 0 Å². The van der Waals surface area contributed by atoms with Gasteiger partial charge in [0, 0.05) is 32.4 Å². The lowest BCUT2D eigenvalue weighted by molar-refractivity contribution is 0.472. The number of thioether (sulfide) groups is 1. The molecule has 0 spiro atoms. The zero-order valence-corrected chi connectivity index (χ0v) is 20.8. The number of nitrogens with zero attached hydrogens (tertiary/aromatic N) is 3. The van der Waals surface area contributed by atoms with Gasteiger partial charge in [-0.15, -0.1) is 11.8 Å². The molecule has 0 saturated heterocycles. The highest BCUT2D eigenvalue weighted by molar-refractivity contribution is 8.05. The smallest absolute Gasteiger partial charge is 0.0984 e. The van der Waals surface area contributed by atoms with Gasteiger partial charge in [-0.1, -0.05) is 51.2 Å². The Bertz CT molecular complexity index is 610. The van der Waals surface area contributed by atoms with E-state index in [2.05, 4.69) is 60.9 Å². The van der Waals surface area contributed by atoms with Gasteiger partial charge in [0.25, 0.3) is 0 Å². The van der Waals surface area contributed by atoms with Gasteiger partial charge >= 0.3 is 0 Å². The summed E-state index contributed by atoms with van der Waals surface area (Å²) in [5, 5.41) is 5.50. The fourth-order valence-corrected chi connectivity index (χ4v) is 5.41. The summed E-state index contributed by atoms with van der Waals surface area (Å²) in [5.41, 5.74) is 2.62. The Labute approximate surface area is 187 Å². The molecule has 0 aromatic rings. The molecule has 0 aromatic carbocycles. The summed E-state index contributed by atoms with van der Waals surface area (Å²) >= 11 is 3.51. The first-order valence-corrected chi connectivity index (χ1v) is 12.2. The molecule has 0 fully saturated rings. The van der Waals surface area contributed by atoms with E-state index < -0.39 is 0 Å². The summed E-state index contributed by atoms with van der Waals surface area (Å²) in [5.74, 6) is 0. The van der Waals surface area contributed by atoms with Crippen LogP contribution in [0.4, 0.5) is 0 Å². The summed E-state index contributed by atoms with van der Waals surface area (Å²) in [4.78, 5) is 4.08. The molecule has 0 aromatic heterocycles. The Morgan fingerprint density at radius 1 is 1.31 bits per heavy atom. The van der Waals surface area contributed by atoms with E-state index in [1.54, 1.807) is 11.9 Å². The molecule has 1 aliphatic rings. The lowest BCUT2D eigenvalue weighted by atomic mass is 9.89. The summed E-state index contributed by atoms with van der Waals surface area (Å²) in [7, 11) is 6.06. The van der Waals surface area contributed by atoms with E-state index in [0.29, 0.717) is 11.3 Å².